The standard InChI is InChI=1S/C17H18F2O2/c1-12(20)2-3-13-4-7-16(8-5-13)21-11-14-10-15(18)6-9-17(14)19/h4-10,12,20H,2-3,11H2,1H3. The summed E-state index contributed by atoms with van der Waals surface area (Å²) < 4.78 is 31.9. The molecule has 2 aromatic rings. The molecule has 0 saturated heterocycles. The van der Waals surface area contributed by atoms with Crippen molar-refractivity contribution in [2.75, 3.05) is 0 Å². The summed E-state index contributed by atoms with van der Waals surface area (Å²) in [4.78, 5) is 0. The molecule has 1 N–H and O–H groups in total. The van der Waals surface area contributed by atoms with E-state index in [9.17, 15) is 13.9 Å². The number of halogens is 2. The first kappa shape index (κ1) is 15.4. The Bertz CT molecular complexity index is 580. The summed E-state index contributed by atoms with van der Waals surface area (Å²) in [6, 6.07) is 10.7. The van der Waals surface area contributed by atoms with Gasteiger partial charge in [0.1, 0.15) is 24.0 Å². The second kappa shape index (κ2) is 7.18. The van der Waals surface area contributed by atoms with Gasteiger partial charge in [0.05, 0.1) is 6.10 Å². The second-order valence-corrected chi connectivity index (χ2v) is 5.06. The topological polar surface area (TPSA) is 29.5 Å². The molecule has 0 amide bonds. The largest absolute Gasteiger partial charge is 0.489 e. The van der Waals surface area contributed by atoms with E-state index in [0.717, 1.165) is 30.2 Å². The number of benzene rings is 2. The quantitative estimate of drug-likeness (QED) is 0.876. The molecule has 2 nitrogen and oxygen atoms in total. The Morgan fingerprint density at radius 3 is 2.48 bits per heavy atom. The maximum absolute atomic E-state index is 13.4. The van der Waals surface area contributed by atoms with E-state index in [4.69, 9.17) is 4.74 Å². The van der Waals surface area contributed by atoms with Crippen molar-refractivity contribution in [2.45, 2.75) is 32.5 Å². The van der Waals surface area contributed by atoms with Crippen LogP contribution >= 0.6 is 0 Å². The van der Waals surface area contributed by atoms with E-state index >= 15 is 0 Å². The van der Waals surface area contributed by atoms with E-state index in [1.54, 1.807) is 19.1 Å². The Labute approximate surface area is 123 Å². The molecule has 2 aromatic carbocycles. The first-order chi connectivity index (χ1) is 10.0. The van der Waals surface area contributed by atoms with E-state index in [1.165, 1.54) is 0 Å². The van der Waals surface area contributed by atoms with Crippen LogP contribution in [0.2, 0.25) is 0 Å². The fourth-order valence-corrected chi connectivity index (χ4v) is 1.94. The molecule has 0 spiro atoms. The van der Waals surface area contributed by atoms with Gasteiger partial charge in [-0.1, -0.05) is 12.1 Å². The highest BCUT2D eigenvalue weighted by molar-refractivity contribution is 5.28. The van der Waals surface area contributed by atoms with Gasteiger partial charge in [0.25, 0.3) is 0 Å². The third kappa shape index (κ3) is 4.83. The molecular formula is C17H18F2O2. The third-order valence-electron chi connectivity index (χ3n) is 3.18. The van der Waals surface area contributed by atoms with Crippen molar-refractivity contribution in [1.29, 1.82) is 0 Å². The maximum Gasteiger partial charge on any atom is 0.130 e. The molecule has 0 bridgehead atoms. The van der Waals surface area contributed by atoms with E-state index in [-0.39, 0.29) is 18.3 Å². The molecular weight excluding hydrogens is 274 g/mol. The molecule has 112 valence electrons. The highest BCUT2D eigenvalue weighted by Gasteiger charge is 2.05. The van der Waals surface area contributed by atoms with Crippen molar-refractivity contribution in [3.8, 4) is 5.75 Å². The zero-order chi connectivity index (χ0) is 15.2. The van der Waals surface area contributed by atoms with Crippen molar-refractivity contribution in [1.82, 2.24) is 0 Å². The van der Waals surface area contributed by atoms with Crippen LogP contribution in [-0.2, 0) is 13.0 Å². The van der Waals surface area contributed by atoms with Gasteiger partial charge in [0, 0.05) is 5.56 Å². The lowest BCUT2D eigenvalue weighted by Gasteiger charge is -2.09. The normalized spacial score (nSPS) is 12.2. The van der Waals surface area contributed by atoms with Crippen molar-refractivity contribution in [2.24, 2.45) is 0 Å². The van der Waals surface area contributed by atoms with Gasteiger partial charge in [-0.3, -0.25) is 0 Å². The van der Waals surface area contributed by atoms with Gasteiger partial charge in [-0.15, -0.1) is 0 Å². The molecule has 0 aliphatic carbocycles. The number of ether oxygens (including phenoxy) is 1. The van der Waals surface area contributed by atoms with E-state index in [0.29, 0.717) is 12.2 Å². The summed E-state index contributed by atoms with van der Waals surface area (Å²) in [5.74, 6) is -0.368. The Morgan fingerprint density at radius 2 is 1.81 bits per heavy atom. The Morgan fingerprint density at radius 1 is 1.10 bits per heavy atom. The van der Waals surface area contributed by atoms with Crippen LogP contribution < -0.4 is 4.74 Å². The van der Waals surface area contributed by atoms with Gasteiger partial charge in [-0.05, 0) is 55.7 Å². The van der Waals surface area contributed by atoms with Crippen LogP contribution in [0.4, 0.5) is 8.78 Å². The third-order valence-corrected chi connectivity index (χ3v) is 3.18. The average Bonchev–Trinajstić information content (AvgIpc) is 2.47. The number of hydrogen-bond acceptors (Lipinski definition) is 2. The van der Waals surface area contributed by atoms with Crippen LogP contribution in [0, 0.1) is 11.6 Å². The summed E-state index contributed by atoms with van der Waals surface area (Å²) in [5.41, 5.74) is 1.29. The Kier molecular flexibility index (Phi) is 5.28. The van der Waals surface area contributed by atoms with Crippen LogP contribution in [0.5, 0.6) is 5.75 Å². The first-order valence-electron chi connectivity index (χ1n) is 6.88. The SMILES string of the molecule is CC(O)CCc1ccc(OCc2cc(F)ccc2F)cc1. The molecule has 0 aliphatic rings. The number of aliphatic hydroxyl groups is 1. The lowest BCUT2D eigenvalue weighted by molar-refractivity contribution is 0.185. The van der Waals surface area contributed by atoms with Gasteiger partial charge < -0.3 is 9.84 Å². The molecule has 2 rings (SSSR count). The zero-order valence-corrected chi connectivity index (χ0v) is 11.9. The Balaban J connectivity index is 1.93. The van der Waals surface area contributed by atoms with E-state index < -0.39 is 11.6 Å². The van der Waals surface area contributed by atoms with Gasteiger partial charge in [-0.25, -0.2) is 8.78 Å². The maximum atomic E-state index is 13.4. The van der Waals surface area contributed by atoms with Crippen molar-refractivity contribution < 1.29 is 18.6 Å². The highest BCUT2D eigenvalue weighted by atomic mass is 19.1. The minimum atomic E-state index is -0.483. The number of hydrogen-bond donors (Lipinski definition) is 1. The molecule has 4 heteroatoms. The summed E-state index contributed by atoms with van der Waals surface area (Å²) in [7, 11) is 0. The first-order valence-corrected chi connectivity index (χ1v) is 6.88. The van der Waals surface area contributed by atoms with Crippen LogP contribution in [-0.4, -0.2) is 11.2 Å². The van der Waals surface area contributed by atoms with Gasteiger partial charge >= 0.3 is 0 Å². The molecule has 0 heterocycles. The van der Waals surface area contributed by atoms with Crippen LogP contribution in [0.1, 0.15) is 24.5 Å². The monoisotopic (exact) mass is 292 g/mol. The fourth-order valence-electron chi connectivity index (χ4n) is 1.94. The summed E-state index contributed by atoms with van der Waals surface area (Å²) >= 11 is 0. The minimum Gasteiger partial charge on any atom is -0.489 e. The van der Waals surface area contributed by atoms with Crippen molar-refractivity contribution >= 4 is 0 Å². The van der Waals surface area contributed by atoms with Crippen LogP contribution in [0.25, 0.3) is 0 Å². The summed E-state index contributed by atoms with van der Waals surface area (Å²) in [6.07, 6.45) is 1.17. The van der Waals surface area contributed by atoms with E-state index in [1.807, 2.05) is 12.1 Å². The molecule has 0 aromatic heterocycles. The molecule has 21 heavy (non-hydrogen) atoms. The highest BCUT2D eigenvalue weighted by Crippen LogP contribution is 2.17. The van der Waals surface area contributed by atoms with Crippen LogP contribution in [0.15, 0.2) is 42.5 Å². The van der Waals surface area contributed by atoms with Crippen molar-refractivity contribution in [3.05, 3.63) is 65.2 Å². The number of rotatable bonds is 6. The smallest absolute Gasteiger partial charge is 0.130 e. The minimum absolute atomic E-state index is 0.0172. The molecule has 1 unspecified atom stereocenters. The zero-order valence-electron chi connectivity index (χ0n) is 11.9. The molecule has 0 aliphatic heterocycles. The predicted molar refractivity (Wildman–Crippen MR) is 77.1 cm³/mol. The number of aliphatic hydroxyl groups excluding tert-OH is 1. The number of aryl methyl sites for hydroxylation is 1. The molecule has 0 saturated carbocycles. The average molecular weight is 292 g/mol. The summed E-state index contributed by atoms with van der Waals surface area (Å²) in [5, 5.41) is 9.24. The lowest BCUT2D eigenvalue weighted by atomic mass is 10.1. The molecule has 0 fully saturated rings. The van der Waals surface area contributed by atoms with Crippen LogP contribution in [0.3, 0.4) is 0 Å². The Hall–Kier alpha value is -1.94. The lowest BCUT2D eigenvalue weighted by Crippen LogP contribution is -2.02. The van der Waals surface area contributed by atoms with E-state index in [2.05, 4.69) is 0 Å². The van der Waals surface area contributed by atoms with Gasteiger partial charge in [-0.2, -0.15) is 0 Å². The molecule has 1 atom stereocenters. The predicted octanol–water partition coefficient (Wildman–Crippen LogP) is 3.86. The van der Waals surface area contributed by atoms with Gasteiger partial charge in [0.2, 0.25) is 0 Å². The second-order valence-electron chi connectivity index (χ2n) is 5.06. The van der Waals surface area contributed by atoms with Crippen molar-refractivity contribution in [3.63, 3.8) is 0 Å². The fraction of sp³-hybridized carbons (Fsp3) is 0.294. The molecule has 0 radical (unpaired) electrons. The van der Waals surface area contributed by atoms with Gasteiger partial charge in [0.15, 0.2) is 0 Å². The summed E-state index contributed by atoms with van der Waals surface area (Å²) in [6.45, 7) is 1.74.